The maximum absolute atomic E-state index is 13.1. The zero-order chi connectivity index (χ0) is 21.7. The van der Waals surface area contributed by atoms with Gasteiger partial charge in [0.25, 0.3) is 0 Å². The molecule has 0 radical (unpaired) electrons. The number of amidine groups is 1. The first-order valence-electron chi connectivity index (χ1n) is 10.5. The summed E-state index contributed by atoms with van der Waals surface area (Å²) >= 11 is 0. The SMILES string of the molecule is CCCN(CCC)C(=O)C1=Cc2ccc(-c3ccc(C(C)=O)cc3)cc2N=C(N)C1. The minimum absolute atomic E-state index is 0.0357. The molecule has 0 saturated carbocycles. The van der Waals surface area contributed by atoms with Crippen LogP contribution in [0.25, 0.3) is 17.2 Å². The minimum atomic E-state index is 0.0357. The zero-order valence-electron chi connectivity index (χ0n) is 17.9. The Bertz CT molecular complexity index is 998. The Morgan fingerprint density at radius 1 is 1.00 bits per heavy atom. The van der Waals surface area contributed by atoms with Crippen LogP contribution in [0.3, 0.4) is 0 Å². The number of Topliss-reactive ketones (excluding diaryl/α,β-unsaturated/α-hetero) is 1. The van der Waals surface area contributed by atoms with Crippen molar-refractivity contribution in [1.82, 2.24) is 4.90 Å². The van der Waals surface area contributed by atoms with Crippen LogP contribution in [0, 0.1) is 0 Å². The highest BCUT2D eigenvalue weighted by atomic mass is 16.2. The highest BCUT2D eigenvalue weighted by molar-refractivity contribution is 6.05. The van der Waals surface area contributed by atoms with E-state index in [0.717, 1.165) is 48.3 Å². The predicted molar refractivity (Wildman–Crippen MR) is 123 cm³/mol. The standard InChI is InChI=1S/C25H29N3O2/c1-4-12-28(13-5-2)25(30)22-14-21-11-10-20(15-23(21)27-24(26)16-22)19-8-6-18(7-9-19)17(3)29/h6-11,14-15H,4-5,12-13,16H2,1-3H3,(H2,26,27). The van der Waals surface area contributed by atoms with Gasteiger partial charge in [-0.1, -0.05) is 50.2 Å². The summed E-state index contributed by atoms with van der Waals surface area (Å²) in [7, 11) is 0. The smallest absolute Gasteiger partial charge is 0.250 e. The van der Waals surface area contributed by atoms with Crippen molar-refractivity contribution in [2.24, 2.45) is 10.7 Å². The van der Waals surface area contributed by atoms with Gasteiger partial charge in [-0.25, -0.2) is 4.99 Å². The van der Waals surface area contributed by atoms with Crippen LogP contribution < -0.4 is 5.73 Å². The monoisotopic (exact) mass is 403 g/mol. The van der Waals surface area contributed by atoms with Crippen molar-refractivity contribution in [1.29, 1.82) is 0 Å². The molecule has 1 aliphatic heterocycles. The summed E-state index contributed by atoms with van der Waals surface area (Å²) in [5.41, 5.74) is 11.2. The van der Waals surface area contributed by atoms with E-state index in [0.29, 0.717) is 23.4 Å². The lowest BCUT2D eigenvalue weighted by molar-refractivity contribution is -0.127. The minimum Gasteiger partial charge on any atom is -0.387 e. The van der Waals surface area contributed by atoms with Gasteiger partial charge >= 0.3 is 0 Å². The quantitative estimate of drug-likeness (QED) is 0.662. The van der Waals surface area contributed by atoms with Crippen molar-refractivity contribution in [2.45, 2.75) is 40.0 Å². The number of amides is 1. The third kappa shape index (κ3) is 4.85. The van der Waals surface area contributed by atoms with Gasteiger partial charge in [-0.15, -0.1) is 0 Å². The average Bonchev–Trinajstić information content (AvgIpc) is 2.90. The maximum Gasteiger partial charge on any atom is 0.250 e. The number of nitrogens with two attached hydrogens (primary N) is 1. The molecule has 0 bridgehead atoms. The summed E-state index contributed by atoms with van der Waals surface area (Å²) in [6.07, 6.45) is 4.11. The van der Waals surface area contributed by atoms with Gasteiger partial charge in [0.1, 0.15) is 5.84 Å². The van der Waals surface area contributed by atoms with Gasteiger partial charge in [0, 0.05) is 36.2 Å². The molecular weight excluding hydrogens is 374 g/mol. The van der Waals surface area contributed by atoms with Gasteiger partial charge < -0.3 is 10.6 Å². The fourth-order valence-corrected chi connectivity index (χ4v) is 3.66. The number of hydrogen-bond acceptors (Lipinski definition) is 4. The van der Waals surface area contributed by atoms with Crippen molar-refractivity contribution in [3.63, 3.8) is 0 Å². The Morgan fingerprint density at radius 2 is 1.63 bits per heavy atom. The second kappa shape index (κ2) is 9.53. The molecule has 2 aromatic carbocycles. The number of hydrogen-bond donors (Lipinski definition) is 1. The number of carbonyl (C=O) groups is 2. The number of nitrogens with zero attached hydrogens (tertiary/aromatic N) is 2. The lowest BCUT2D eigenvalue weighted by Gasteiger charge is -2.22. The normalized spacial score (nSPS) is 13.0. The highest BCUT2D eigenvalue weighted by Gasteiger charge is 2.21. The van der Waals surface area contributed by atoms with Gasteiger partial charge in [-0.3, -0.25) is 9.59 Å². The molecule has 0 saturated heterocycles. The molecule has 0 aliphatic carbocycles. The van der Waals surface area contributed by atoms with Crippen molar-refractivity contribution in [2.75, 3.05) is 13.1 Å². The van der Waals surface area contributed by atoms with Crippen LogP contribution in [-0.4, -0.2) is 35.5 Å². The summed E-state index contributed by atoms with van der Waals surface area (Å²) in [5, 5.41) is 0. The second-order valence-corrected chi connectivity index (χ2v) is 7.65. The lowest BCUT2D eigenvalue weighted by atomic mass is 9.99. The molecule has 2 aromatic rings. The van der Waals surface area contributed by atoms with E-state index in [1.807, 2.05) is 53.4 Å². The summed E-state index contributed by atoms with van der Waals surface area (Å²) in [4.78, 5) is 31.1. The predicted octanol–water partition coefficient (Wildman–Crippen LogP) is 4.98. The zero-order valence-corrected chi connectivity index (χ0v) is 17.9. The number of ketones is 1. The van der Waals surface area contributed by atoms with E-state index in [1.54, 1.807) is 6.92 Å². The molecule has 5 heteroatoms. The Balaban J connectivity index is 1.95. The van der Waals surface area contributed by atoms with Crippen LogP contribution >= 0.6 is 0 Å². The number of fused-ring (bicyclic) bond motifs is 1. The Hall–Kier alpha value is -3.21. The fourth-order valence-electron chi connectivity index (χ4n) is 3.66. The Morgan fingerprint density at radius 3 is 2.23 bits per heavy atom. The Labute approximate surface area is 178 Å². The van der Waals surface area contributed by atoms with Crippen LogP contribution in [0.2, 0.25) is 0 Å². The molecule has 1 aliphatic rings. The van der Waals surface area contributed by atoms with Gasteiger partial charge in [-0.05, 0) is 43.0 Å². The van der Waals surface area contributed by atoms with Crippen LogP contribution in [0.1, 0.15) is 56.0 Å². The third-order valence-corrected chi connectivity index (χ3v) is 5.17. The summed E-state index contributed by atoms with van der Waals surface area (Å²) in [6.45, 7) is 7.19. The van der Waals surface area contributed by atoms with E-state index < -0.39 is 0 Å². The van der Waals surface area contributed by atoms with Crippen molar-refractivity contribution in [3.05, 3.63) is 59.2 Å². The summed E-state index contributed by atoms with van der Waals surface area (Å²) < 4.78 is 0. The largest absolute Gasteiger partial charge is 0.387 e. The third-order valence-electron chi connectivity index (χ3n) is 5.17. The number of benzene rings is 2. The summed E-state index contributed by atoms with van der Waals surface area (Å²) in [6, 6.07) is 13.5. The summed E-state index contributed by atoms with van der Waals surface area (Å²) in [5.74, 6) is 0.516. The molecule has 1 heterocycles. The van der Waals surface area contributed by atoms with Gasteiger partial charge in [0.05, 0.1) is 5.69 Å². The van der Waals surface area contributed by atoms with Crippen LogP contribution in [0.5, 0.6) is 0 Å². The second-order valence-electron chi connectivity index (χ2n) is 7.65. The van der Waals surface area contributed by atoms with Crippen LogP contribution in [0.15, 0.2) is 53.0 Å². The topological polar surface area (TPSA) is 75.8 Å². The van der Waals surface area contributed by atoms with Crippen LogP contribution in [-0.2, 0) is 4.79 Å². The molecule has 1 amide bonds. The van der Waals surface area contributed by atoms with E-state index in [-0.39, 0.29) is 11.7 Å². The molecule has 0 aromatic heterocycles. The van der Waals surface area contributed by atoms with E-state index in [9.17, 15) is 9.59 Å². The highest BCUT2D eigenvalue weighted by Crippen LogP contribution is 2.32. The molecular formula is C25H29N3O2. The molecule has 0 spiro atoms. The number of aliphatic imine (C=N–C) groups is 1. The number of carbonyl (C=O) groups excluding carboxylic acids is 2. The van der Waals surface area contributed by atoms with Crippen molar-refractivity contribution < 1.29 is 9.59 Å². The van der Waals surface area contributed by atoms with Crippen LogP contribution in [0.4, 0.5) is 5.69 Å². The van der Waals surface area contributed by atoms with Crippen molar-refractivity contribution >= 4 is 29.3 Å². The molecule has 0 atom stereocenters. The van der Waals surface area contributed by atoms with E-state index in [2.05, 4.69) is 18.8 Å². The fraction of sp³-hybridized carbons (Fsp3) is 0.320. The molecule has 2 N–H and O–H groups in total. The molecule has 0 unspecified atom stereocenters. The van der Waals surface area contributed by atoms with E-state index in [1.165, 1.54) is 0 Å². The molecule has 3 rings (SSSR count). The average molecular weight is 404 g/mol. The molecule has 5 nitrogen and oxygen atoms in total. The Kier molecular flexibility index (Phi) is 6.83. The molecule has 156 valence electrons. The van der Waals surface area contributed by atoms with Gasteiger partial charge in [-0.2, -0.15) is 0 Å². The number of rotatable bonds is 7. The van der Waals surface area contributed by atoms with E-state index >= 15 is 0 Å². The van der Waals surface area contributed by atoms with Gasteiger partial charge in [0.15, 0.2) is 5.78 Å². The van der Waals surface area contributed by atoms with E-state index in [4.69, 9.17) is 5.73 Å². The molecule has 0 fully saturated rings. The first-order chi connectivity index (χ1) is 14.4. The maximum atomic E-state index is 13.1. The first-order valence-corrected chi connectivity index (χ1v) is 10.5. The van der Waals surface area contributed by atoms with Gasteiger partial charge in [0.2, 0.25) is 5.91 Å². The lowest BCUT2D eigenvalue weighted by Crippen LogP contribution is -2.34. The molecule has 30 heavy (non-hydrogen) atoms. The first kappa shape index (κ1) is 21.5. The van der Waals surface area contributed by atoms with Crippen molar-refractivity contribution in [3.8, 4) is 11.1 Å².